The van der Waals surface area contributed by atoms with Gasteiger partial charge < -0.3 is 20.7 Å². The summed E-state index contributed by atoms with van der Waals surface area (Å²) >= 11 is 0. The normalized spacial score (nSPS) is 14.6. The average molecular weight is 495 g/mol. The van der Waals surface area contributed by atoms with E-state index in [0.29, 0.717) is 31.9 Å². The average Bonchev–Trinajstić information content (AvgIpc) is 2.79. The zero-order valence-electron chi connectivity index (χ0n) is 19.2. The second kappa shape index (κ2) is 10.8. The fraction of sp³-hybridized carbons (Fsp3) is 0.476. The number of aromatic amines is 1. The summed E-state index contributed by atoms with van der Waals surface area (Å²) in [5.74, 6) is -0.510. The Hall–Kier alpha value is -3.16. The smallest absolute Gasteiger partial charge is 0.330 e. The molecule has 4 N–H and O–H groups in total. The maximum Gasteiger partial charge on any atom is 0.330 e. The molecular formula is C21H30N6O6S. The van der Waals surface area contributed by atoms with E-state index in [2.05, 4.69) is 10.3 Å². The lowest BCUT2D eigenvalue weighted by molar-refractivity contribution is -0.114. The molecule has 1 fully saturated rings. The zero-order valence-corrected chi connectivity index (χ0v) is 20.1. The lowest BCUT2D eigenvalue weighted by Crippen LogP contribution is -2.40. The van der Waals surface area contributed by atoms with Gasteiger partial charge in [-0.1, -0.05) is 19.4 Å². The lowest BCUT2D eigenvalue weighted by atomic mass is 10.3. The van der Waals surface area contributed by atoms with Crippen molar-refractivity contribution in [3.63, 3.8) is 0 Å². The molecule has 2 heterocycles. The molecule has 0 aliphatic carbocycles. The number of rotatable bonds is 9. The van der Waals surface area contributed by atoms with E-state index < -0.39 is 27.2 Å². The van der Waals surface area contributed by atoms with E-state index in [1.807, 2.05) is 6.92 Å². The molecule has 186 valence electrons. The molecule has 1 aromatic heterocycles. The number of nitrogen functional groups attached to an aromatic ring is 1. The van der Waals surface area contributed by atoms with E-state index in [1.165, 1.54) is 33.0 Å². The van der Waals surface area contributed by atoms with Crippen LogP contribution in [0.4, 0.5) is 17.2 Å². The van der Waals surface area contributed by atoms with Gasteiger partial charge in [0, 0.05) is 32.4 Å². The predicted octanol–water partition coefficient (Wildman–Crippen LogP) is 0.0147. The van der Waals surface area contributed by atoms with Gasteiger partial charge in [-0.15, -0.1) is 0 Å². The van der Waals surface area contributed by atoms with Crippen LogP contribution in [0.5, 0.6) is 0 Å². The Morgan fingerprint density at radius 1 is 1.26 bits per heavy atom. The van der Waals surface area contributed by atoms with E-state index >= 15 is 0 Å². The van der Waals surface area contributed by atoms with Gasteiger partial charge in [-0.25, -0.2) is 13.2 Å². The molecule has 1 amide bonds. The summed E-state index contributed by atoms with van der Waals surface area (Å²) in [5.41, 5.74) is 5.09. The highest BCUT2D eigenvalue weighted by Gasteiger charge is 2.26. The van der Waals surface area contributed by atoms with E-state index in [0.717, 1.165) is 6.42 Å². The van der Waals surface area contributed by atoms with Gasteiger partial charge in [0.2, 0.25) is 15.9 Å². The third-order valence-corrected chi connectivity index (χ3v) is 7.33. The molecular weight excluding hydrogens is 464 g/mol. The SMILES string of the molecule is CCCCn1c(N)c(N(C)CC(=O)Nc2cccc(S(=O)(=O)N3CCOCC3)c2)c(=O)[nH]c1=O. The van der Waals surface area contributed by atoms with Gasteiger partial charge in [-0.3, -0.25) is 19.1 Å². The maximum absolute atomic E-state index is 12.9. The van der Waals surface area contributed by atoms with Crippen molar-refractivity contribution in [1.82, 2.24) is 13.9 Å². The van der Waals surface area contributed by atoms with Crippen LogP contribution in [0.15, 0.2) is 38.8 Å². The highest BCUT2D eigenvalue weighted by molar-refractivity contribution is 7.89. The molecule has 0 atom stereocenters. The molecule has 12 nitrogen and oxygen atoms in total. The largest absolute Gasteiger partial charge is 0.383 e. The Kier molecular flexibility index (Phi) is 8.12. The molecule has 0 radical (unpaired) electrons. The van der Waals surface area contributed by atoms with Crippen LogP contribution in [0.2, 0.25) is 0 Å². The lowest BCUT2D eigenvalue weighted by Gasteiger charge is -2.26. The van der Waals surface area contributed by atoms with Gasteiger partial charge in [0.1, 0.15) is 11.5 Å². The van der Waals surface area contributed by atoms with E-state index in [-0.39, 0.29) is 36.0 Å². The number of carbonyl (C=O) groups is 1. The van der Waals surface area contributed by atoms with Gasteiger partial charge in [-0.2, -0.15) is 4.31 Å². The summed E-state index contributed by atoms with van der Waals surface area (Å²) in [6.45, 7) is 3.24. The molecule has 1 aliphatic rings. The van der Waals surface area contributed by atoms with Crippen molar-refractivity contribution in [3.8, 4) is 0 Å². The van der Waals surface area contributed by atoms with Gasteiger partial charge in [-0.05, 0) is 24.6 Å². The van der Waals surface area contributed by atoms with Crippen LogP contribution >= 0.6 is 0 Å². The number of unbranched alkanes of at least 4 members (excludes halogenated alkanes) is 1. The number of carbonyl (C=O) groups excluding carboxylic acids is 1. The molecule has 1 saturated heterocycles. The monoisotopic (exact) mass is 494 g/mol. The van der Waals surface area contributed by atoms with Crippen molar-refractivity contribution >= 4 is 33.1 Å². The molecule has 0 unspecified atom stereocenters. The minimum absolute atomic E-state index is 0.00880. The van der Waals surface area contributed by atoms with Crippen molar-refractivity contribution in [1.29, 1.82) is 0 Å². The predicted molar refractivity (Wildman–Crippen MR) is 129 cm³/mol. The van der Waals surface area contributed by atoms with E-state index in [4.69, 9.17) is 10.5 Å². The van der Waals surface area contributed by atoms with Crippen molar-refractivity contribution in [2.75, 3.05) is 55.8 Å². The van der Waals surface area contributed by atoms with Crippen molar-refractivity contribution < 1.29 is 17.9 Å². The number of nitrogens with zero attached hydrogens (tertiary/aromatic N) is 3. The van der Waals surface area contributed by atoms with Crippen molar-refractivity contribution in [2.24, 2.45) is 0 Å². The summed E-state index contributed by atoms with van der Waals surface area (Å²) in [4.78, 5) is 40.8. The number of benzene rings is 1. The molecule has 3 rings (SSSR count). The van der Waals surface area contributed by atoms with Crippen LogP contribution < -0.4 is 27.2 Å². The Labute approximate surface area is 197 Å². The summed E-state index contributed by atoms with van der Waals surface area (Å²) < 4.78 is 33.6. The first-order valence-corrected chi connectivity index (χ1v) is 12.4. The number of hydrogen-bond acceptors (Lipinski definition) is 8. The molecule has 1 aliphatic heterocycles. The Balaban J connectivity index is 1.75. The van der Waals surface area contributed by atoms with Gasteiger partial charge >= 0.3 is 5.69 Å². The van der Waals surface area contributed by atoms with E-state index in [9.17, 15) is 22.8 Å². The standard InChI is InChI=1S/C21H30N6O6S/c1-3-4-8-27-19(22)18(20(29)24-21(27)30)25(2)14-17(28)23-15-6-5-7-16(13-15)34(31,32)26-9-11-33-12-10-26/h5-7,13H,3-4,8-12,14,22H2,1-2H3,(H,23,28)(H,24,29,30). The number of aromatic nitrogens is 2. The molecule has 2 aromatic rings. The number of amides is 1. The van der Waals surface area contributed by atoms with Gasteiger partial charge in [0.15, 0.2) is 0 Å². The zero-order chi connectivity index (χ0) is 24.9. The number of sulfonamides is 1. The van der Waals surface area contributed by atoms with Crippen LogP contribution in [-0.4, -0.2) is 68.1 Å². The molecule has 0 spiro atoms. The van der Waals surface area contributed by atoms with Crippen molar-refractivity contribution in [3.05, 3.63) is 45.1 Å². The van der Waals surface area contributed by atoms with E-state index in [1.54, 1.807) is 12.1 Å². The maximum atomic E-state index is 12.9. The summed E-state index contributed by atoms with van der Waals surface area (Å²) in [6, 6.07) is 5.96. The Bertz CT molecular complexity index is 1250. The molecule has 13 heteroatoms. The fourth-order valence-corrected chi connectivity index (χ4v) is 5.10. The highest BCUT2D eigenvalue weighted by atomic mass is 32.2. The van der Waals surface area contributed by atoms with Crippen LogP contribution in [0, 0.1) is 0 Å². The number of anilines is 3. The molecule has 0 bridgehead atoms. The van der Waals surface area contributed by atoms with Crippen LogP contribution in [0.1, 0.15) is 19.8 Å². The Morgan fingerprint density at radius 3 is 2.65 bits per heavy atom. The number of nitrogens with two attached hydrogens (primary N) is 1. The molecule has 0 saturated carbocycles. The fourth-order valence-electron chi connectivity index (χ4n) is 3.65. The first kappa shape index (κ1) is 25.5. The second-order valence-corrected chi connectivity index (χ2v) is 9.88. The number of morpholine rings is 1. The minimum atomic E-state index is -3.72. The number of nitrogens with one attached hydrogen (secondary N) is 2. The topological polar surface area (TPSA) is 160 Å². The number of ether oxygens (including phenoxy) is 1. The quantitative estimate of drug-likeness (QED) is 0.440. The Morgan fingerprint density at radius 2 is 1.97 bits per heavy atom. The van der Waals surface area contributed by atoms with Gasteiger partial charge in [0.05, 0.1) is 24.7 Å². The second-order valence-electron chi connectivity index (χ2n) is 7.95. The number of hydrogen-bond donors (Lipinski definition) is 3. The summed E-state index contributed by atoms with van der Waals surface area (Å²) in [6.07, 6.45) is 1.53. The third kappa shape index (κ3) is 5.66. The van der Waals surface area contributed by atoms with Crippen LogP contribution in [-0.2, 0) is 26.1 Å². The summed E-state index contributed by atoms with van der Waals surface area (Å²) in [7, 11) is -2.21. The van der Waals surface area contributed by atoms with Gasteiger partial charge in [0.25, 0.3) is 5.56 Å². The first-order chi connectivity index (χ1) is 16.1. The third-order valence-electron chi connectivity index (χ3n) is 5.44. The highest BCUT2D eigenvalue weighted by Crippen LogP contribution is 2.21. The van der Waals surface area contributed by atoms with Crippen molar-refractivity contribution in [2.45, 2.75) is 31.2 Å². The molecule has 1 aromatic carbocycles. The first-order valence-electron chi connectivity index (χ1n) is 11.0. The minimum Gasteiger partial charge on any atom is -0.383 e. The number of H-pyrrole nitrogens is 1. The van der Waals surface area contributed by atoms with Crippen LogP contribution in [0.3, 0.4) is 0 Å². The van der Waals surface area contributed by atoms with Crippen LogP contribution in [0.25, 0.3) is 0 Å². The number of likely N-dealkylation sites (N-methyl/N-ethyl adjacent to an activating group) is 1. The molecule has 34 heavy (non-hydrogen) atoms. The summed E-state index contributed by atoms with van der Waals surface area (Å²) in [5, 5.41) is 2.65.